The molecule has 62 valence electrons. The predicted molar refractivity (Wildman–Crippen MR) is 54.5 cm³/mol. The van der Waals surface area contributed by atoms with Crippen LogP contribution in [0.15, 0.2) is 17.5 Å². The Morgan fingerprint density at radius 3 is 3.00 bits per heavy atom. The molecule has 0 unspecified atom stereocenters. The van der Waals surface area contributed by atoms with Gasteiger partial charge in [-0.15, -0.1) is 11.3 Å². The second kappa shape index (κ2) is 4.80. The van der Waals surface area contributed by atoms with Crippen molar-refractivity contribution in [2.24, 2.45) is 0 Å². The van der Waals surface area contributed by atoms with Crippen molar-refractivity contribution in [3.8, 4) is 0 Å². The fraction of sp³-hybridized carbons (Fsp3) is 0.500. The number of rotatable bonds is 4. The Morgan fingerprint density at radius 1 is 1.64 bits per heavy atom. The lowest BCUT2D eigenvalue weighted by molar-refractivity contribution is 0.400. The second-order valence-electron chi connectivity index (χ2n) is 2.55. The van der Waals surface area contributed by atoms with Crippen LogP contribution < -0.4 is 0 Å². The highest BCUT2D eigenvalue weighted by atomic mass is 32.1. The fourth-order valence-electron chi connectivity index (χ4n) is 0.827. The molecule has 0 aliphatic carbocycles. The van der Waals surface area contributed by atoms with E-state index in [0.717, 1.165) is 18.8 Å². The molecule has 0 aromatic carbocycles. The lowest BCUT2D eigenvalue weighted by Gasteiger charge is -2.11. The minimum absolute atomic E-state index is 0.839. The van der Waals surface area contributed by atoms with Crippen molar-refractivity contribution in [3.05, 3.63) is 22.4 Å². The van der Waals surface area contributed by atoms with Crippen LogP contribution in [0.1, 0.15) is 4.88 Å². The average molecular weight is 187 g/mol. The molecule has 0 amide bonds. The molecule has 1 nitrogen and oxygen atoms in total. The molecule has 0 saturated carbocycles. The van der Waals surface area contributed by atoms with Crippen molar-refractivity contribution in [3.63, 3.8) is 0 Å². The minimum atomic E-state index is 0.839. The standard InChI is InChI=1S/C8H13NS2/c1-9(7-10)5-4-8-3-2-6-11-8/h2-3,6,10H,4-5,7H2,1H3. The first-order chi connectivity index (χ1) is 5.33. The van der Waals surface area contributed by atoms with Gasteiger partial charge in [-0.3, -0.25) is 4.90 Å². The molecule has 1 heterocycles. The van der Waals surface area contributed by atoms with Gasteiger partial charge in [0.15, 0.2) is 0 Å². The number of thiol groups is 1. The van der Waals surface area contributed by atoms with Gasteiger partial charge in [-0.05, 0) is 24.9 Å². The third kappa shape index (κ3) is 3.27. The van der Waals surface area contributed by atoms with Crippen LogP contribution in [-0.2, 0) is 6.42 Å². The molecule has 0 aliphatic heterocycles. The maximum atomic E-state index is 4.18. The summed E-state index contributed by atoms with van der Waals surface area (Å²) in [6.45, 7) is 1.10. The third-order valence-electron chi connectivity index (χ3n) is 1.56. The van der Waals surface area contributed by atoms with Crippen molar-refractivity contribution >= 4 is 24.0 Å². The van der Waals surface area contributed by atoms with Crippen LogP contribution in [-0.4, -0.2) is 24.4 Å². The van der Waals surface area contributed by atoms with Gasteiger partial charge in [0.2, 0.25) is 0 Å². The summed E-state index contributed by atoms with van der Waals surface area (Å²) in [6, 6.07) is 4.28. The molecular weight excluding hydrogens is 174 g/mol. The quantitative estimate of drug-likeness (QED) is 0.558. The van der Waals surface area contributed by atoms with Gasteiger partial charge in [-0.25, -0.2) is 0 Å². The van der Waals surface area contributed by atoms with E-state index < -0.39 is 0 Å². The summed E-state index contributed by atoms with van der Waals surface area (Å²) >= 11 is 6.00. The Balaban J connectivity index is 2.23. The number of nitrogens with zero attached hydrogens (tertiary/aromatic N) is 1. The SMILES string of the molecule is CN(CS)CCc1cccs1. The van der Waals surface area contributed by atoms with E-state index in [4.69, 9.17) is 0 Å². The molecule has 0 spiro atoms. The van der Waals surface area contributed by atoms with Gasteiger partial charge in [-0.2, -0.15) is 12.6 Å². The van der Waals surface area contributed by atoms with Crippen LogP contribution in [0.4, 0.5) is 0 Å². The average Bonchev–Trinajstić information content (AvgIpc) is 2.52. The predicted octanol–water partition coefficient (Wildman–Crippen LogP) is 2.11. The maximum Gasteiger partial charge on any atom is 0.0411 e. The zero-order chi connectivity index (χ0) is 8.10. The van der Waals surface area contributed by atoms with Crippen LogP contribution in [0, 0.1) is 0 Å². The largest absolute Gasteiger partial charge is 0.297 e. The van der Waals surface area contributed by atoms with E-state index in [-0.39, 0.29) is 0 Å². The monoisotopic (exact) mass is 187 g/mol. The Kier molecular flexibility index (Phi) is 3.97. The first kappa shape index (κ1) is 9.10. The Hall–Kier alpha value is 0.01000. The summed E-state index contributed by atoms with van der Waals surface area (Å²) in [7, 11) is 2.08. The van der Waals surface area contributed by atoms with Crippen LogP contribution in [0.2, 0.25) is 0 Å². The minimum Gasteiger partial charge on any atom is -0.297 e. The first-order valence-corrected chi connectivity index (χ1v) is 5.16. The van der Waals surface area contributed by atoms with E-state index in [1.165, 1.54) is 4.88 Å². The molecular formula is C8H13NS2. The van der Waals surface area contributed by atoms with Crippen LogP contribution in [0.5, 0.6) is 0 Å². The maximum absolute atomic E-state index is 4.18. The van der Waals surface area contributed by atoms with E-state index in [1.807, 2.05) is 11.3 Å². The fourth-order valence-corrected chi connectivity index (χ4v) is 1.67. The summed E-state index contributed by atoms with van der Waals surface area (Å²) in [4.78, 5) is 3.65. The van der Waals surface area contributed by atoms with Gasteiger partial charge in [0.1, 0.15) is 0 Å². The Labute approximate surface area is 77.4 Å². The normalized spacial score (nSPS) is 10.8. The molecule has 1 aromatic heterocycles. The summed E-state index contributed by atoms with van der Waals surface area (Å²) in [5.41, 5.74) is 0. The van der Waals surface area contributed by atoms with Crippen molar-refractivity contribution < 1.29 is 0 Å². The Bertz CT molecular complexity index is 184. The van der Waals surface area contributed by atoms with E-state index in [9.17, 15) is 0 Å². The molecule has 0 fully saturated rings. The molecule has 0 aliphatic rings. The summed E-state index contributed by atoms with van der Waals surface area (Å²) in [6.07, 6.45) is 1.15. The molecule has 0 N–H and O–H groups in total. The zero-order valence-corrected chi connectivity index (χ0v) is 8.37. The van der Waals surface area contributed by atoms with E-state index in [2.05, 4.69) is 42.1 Å². The van der Waals surface area contributed by atoms with Crippen molar-refractivity contribution in [2.45, 2.75) is 6.42 Å². The molecule has 0 radical (unpaired) electrons. The highest BCUT2D eigenvalue weighted by molar-refractivity contribution is 7.80. The Morgan fingerprint density at radius 2 is 2.45 bits per heavy atom. The van der Waals surface area contributed by atoms with Gasteiger partial charge in [0, 0.05) is 17.3 Å². The summed E-state index contributed by atoms with van der Waals surface area (Å²) < 4.78 is 0. The van der Waals surface area contributed by atoms with Gasteiger partial charge in [0.25, 0.3) is 0 Å². The molecule has 11 heavy (non-hydrogen) atoms. The molecule has 1 rings (SSSR count). The van der Waals surface area contributed by atoms with E-state index in [1.54, 1.807) is 0 Å². The summed E-state index contributed by atoms with van der Waals surface area (Å²) in [5, 5.41) is 2.12. The van der Waals surface area contributed by atoms with Crippen LogP contribution in [0.3, 0.4) is 0 Å². The lowest BCUT2D eigenvalue weighted by atomic mass is 10.3. The molecule has 0 bridgehead atoms. The van der Waals surface area contributed by atoms with Crippen molar-refractivity contribution in [1.82, 2.24) is 4.90 Å². The number of likely N-dealkylation sites (N-methyl/N-ethyl adjacent to an activating group) is 1. The van der Waals surface area contributed by atoms with Gasteiger partial charge >= 0.3 is 0 Å². The summed E-state index contributed by atoms with van der Waals surface area (Å²) in [5.74, 6) is 0.839. The number of thiophene rings is 1. The number of hydrogen-bond acceptors (Lipinski definition) is 3. The smallest absolute Gasteiger partial charge is 0.0411 e. The van der Waals surface area contributed by atoms with Gasteiger partial charge in [0.05, 0.1) is 0 Å². The van der Waals surface area contributed by atoms with E-state index in [0.29, 0.717) is 0 Å². The third-order valence-corrected chi connectivity index (χ3v) is 2.98. The van der Waals surface area contributed by atoms with Gasteiger partial charge < -0.3 is 0 Å². The second-order valence-corrected chi connectivity index (χ2v) is 3.87. The first-order valence-electron chi connectivity index (χ1n) is 3.64. The van der Waals surface area contributed by atoms with E-state index >= 15 is 0 Å². The molecule has 3 heteroatoms. The van der Waals surface area contributed by atoms with Crippen LogP contribution >= 0.6 is 24.0 Å². The van der Waals surface area contributed by atoms with Crippen molar-refractivity contribution in [2.75, 3.05) is 19.5 Å². The zero-order valence-electron chi connectivity index (χ0n) is 6.66. The topological polar surface area (TPSA) is 3.24 Å². The number of hydrogen-bond donors (Lipinski definition) is 1. The highest BCUT2D eigenvalue weighted by Crippen LogP contribution is 2.09. The molecule has 0 saturated heterocycles. The lowest BCUT2D eigenvalue weighted by Crippen LogP contribution is -2.18. The molecule has 0 atom stereocenters. The highest BCUT2D eigenvalue weighted by Gasteiger charge is 1.96. The van der Waals surface area contributed by atoms with Crippen molar-refractivity contribution in [1.29, 1.82) is 0 Å². The van der Waals surface area contributed by atoms with Gasteiger partial charge in [-0.1, -0.05) is 6.07 Å². The molecule has 1 aromatic rings. The van der Waals surface area contributed by atoms with Crippen LogP contribution in [0.25, 0.3) is 0 Å².